The van der Waals surface area contributed by atoms with E-state index < -0.39 is 0 Å². The molecule has 0 unspecified atom stereocenters. The average Bonchev–Trinajstić information content (AvgIpc) is 2.78. The predicted molar refractivity (Wildman–Crippen MR) is 119 cm³/mol. The van der Waals surface area contributed by atoms with Gasteiger partial charge >= 0.3 is 0 Å². The monoisotopic (exact) mass is 421 g/mol. The molecule has 1 saturated heterocycles. The van der Waals surface area contributed by atoms with Gasteiger partial charge in [-0.15, -0.1) is 0 Å². The third-order valence-electron chi connectivity index (χ3n) is 5.66. The minimum absolute atomic E-state index is 0.167. The minimum Gasteiger partial charge on any atom is -0.493 e. The summed E-state index contributed by atoms with van der Waals surface area (Å²) in [6, 6.07) is 16.2. The maximum absolute atomic E-state index is 9.18. The number of rotatable bonds is 5. The highest BCUT2D eigenvalue weighted by Gasteiger charge is 2.21. The van der Waals surface area contributed by atoms with E-state index in [1.54, 1.807) is 14.2 Å². The maximum Gasteiger partial charge on any atom is 0.162 e. The van der Waals surface area contributed by atoms with E-state index in [9.17, 15) is 5.26 Å². The van der Waals surface area contributed by atoms with Crippen LogP contribution in [0, 0.1) is 17.2 Å². The second-order valence-corrected chi connectivity index (χ2v) is 8.02. The van der Waals surface area contributed by atoms with Gasteiger partial charge in [0.15, 0.2) is 11.5 Å². The summed E-state index contributed by atoms with van der Waals surface area (Å²) in [5.41, 5.74) is 3.88. The Kier molecular flexibility index (Phi) is 6.08. The summed E-state index contributed by atoms with van der Waals surface area (Å²) >= 11 is 6.27. The summed E-state index contributed by atoms with van der Waals surface area (Å²) < 4.78 is 10.9. The van der Waals surface area contributed by atoms with Gasteiger partial charge in [0.1, 0.15) is 0 Å². The lowest BCUT2D eigenvalue weighted by molar-refractivity contribution is 0.198. The van der Waals surface area contributed by atoms with E-state index in [0.717, 1.165) is 60.2 Å². The molecule has 0 bridgehead atoms. The molecule has 0 spiro atoms. The quantitative estimate of drug-likeness (QED) is 0.558. The van der Waals surface area contributed by atoms with Crippen molar-refractivity contribution in [2.24, 2.45) is 5.92 Å². The van der Waals surface area contributed by atoms with Gasteiger partial charge in [0.25, 0.3) is 0 Å². The molecular weight excluding hydrogens is 398 g/mol. The molecule has 1 aromatic heterocycles. The first-order valence-corrected chi connectivity index (χ1v) is 10.4. The summed E-state index contributed by atoms with van der Waals surface area (Å²) in [5.74, 6) is 1.50. The fourth-order valence-corrected chi connectivity index (χ4v) is 4.20. The molecule has 6 heteroatoms. The highest BCUT2D eigenvalue weighted by molar-refractivity contribution is 6.30. The lowest BCUT2D eigenvalue weighted by atomic mass is 9.97. The lowest BCUT2D eigenvalue weighted by Gasteiger charge is -2.29. The number of halogens is 1. The van der Waals surface area contributed by atoms with Crippen molar-refractivity contribution in [2.75, 3.05) is 27.3 Å². The molecule has 1 aliphatic heterocycles. The van der Waals surface area contributed by atoms with Gasteiger partial charge < -0.3 is 9.47 Å². The highest BCUT2D eigenvalue weighted by atomic mass is 35.5. The zero-order valence-electron chi connectivity index (χ0n) is 17.2. The number of nitriles is 1. The maximum atomic E-state index is 9.18. The number of hydrogen-bond acceptors (Lipinski definition) is 5. The van der Waals surface area contributed by atoms with E-state index in [4.69, 9.17) is 26.1 Å². The number of aromatic nitrogens is 1. The summed E-state index contributed by atoms with van der Waals surface area (Å²) in [4.78, 5) is 7.39. The Morgan fingerprint density at radius 1 is 1.10 bits per heavy atom. The van der Waals surface area contributed by atoms with Gasteiger partial charge in [-0.3, -0.25) is 4.90 Å². The number of methoxy groups -OCH3 is 2. The van der Waals surface area contributed by atoms with Gasteiger partial charge in [-0.25, -0.2) is 4.98 Å². The lowest BCUT2D eigenvalue weighted by Crippen LogP contribution is -2.33. The Morgan fingerprint density at radius 3 is 2.50 bits per heavy atom. The van der Waals surface area contributed by atoms with Crippen molar-refractivity contribution in [2.45, 2.75) is 19.4 Å². The van der Waals surface area contributed by atoms with Crippen molar-refractivity contribution in [3.8, 4) is 28.8 Å². The van der Waals surface area contributed by atoms with Gasteiger partial charge in [-0.05, 0) is 55.8 Å². The Labute approximate surface area is 181 Å². The number of fused-ring (bicyclic) bond motifs is 1. The van der Waals surface area contributed by atoms with E-state index in [2.05, 4.69) is 17.0 Å². The molecule has 0 radical (unpaired) electrons. The number of likely N-dealkylation sites (tertiary alicyclic amines) is 1. The molecule has 4 rings (SSSR count). The van der Waals surface area contributed by atoms with Gasteiger partial charge in [-0.1, -0.05) is 23.7 Å². The molecule has 0 N–H and O–H groups in total. The molecule has 1 fully saturated rings. The third kappa shape index (κ3) is 4.21. The molecular formula is C24H24ClN3O2. The van der Waals surface area contributed by atoms with E-state index in [-0.39, 0.29) is 5.92 Å². The van der Waals surface area contributed by atoms with Crippen LogP contribution in [0.15, 0.2) is 42.5 Å². The third-order valence-corrected chi connectivity index (χ3v) is 5.90. The fraction of sp³-hybridized carbons (Fsp3) is 0.333. The number of pyridine rings is 1. The summed E-state index contributed by atoms with van der Waals surface area (Å²) in [7, 11) is 3.26. The summed E-state index contributed by atoms with van der Waals surface area (Å²) in [6.07, 6.45) is 1.82. The van der Waals surface area contributed by atoms with Crippen LogP contribution in [0.5, 0.6) is 11.5 Å². The van der Waals surface area contributed by atoms with Crippen molar-refractivity contribution in [1.82, 2.24) is 9.88 Å². The molecule has 0 amide bonds. The number of hydrogen-bond donors (Lipinski definition) is 0. The van der Waals surface area contributed by atoms with Crippen LogP contribution in [0.2, 0.25) is 5.02 Å². The minimum atomic E-state index is 0.167. The van der Waals surface area contributed by atoms with Crippen molar-refractivity contribution in [1.29, 1.82) is 5.26 Å². The summed E-state index contributed by atoms with van der Waals surface area (Å²) in [5, 5.41) is 10.9. The molecule has 30 heavy (non-hydrogen) atoms. The van der Waals surface area contributed by atoms with Crippen molar-refractivity contribution in [3.05, 3.63) is 53.1 Å². The van der Waals surface area contributed by atoms with Crippen molar-refractivity contribution < 1.29 is 9.47 Å². The Hall–Kier alpha value is -2.81. The second-order valence-electron chi connectivity index (χ2n) is 7.59. The number of benzene rings is 2. The second kappa shape index (κ2) is 8.91. The highest BCUT2D eigenvalue weighted by Crippen LogP contribution is 2.35. The largest absolute Gasteiger partial charge is 0.493 e. The predicted octanol–water partition coefficient (Wildman–Crippen LogP) is 5.31. The van der Waals surface area contributed by atoms with Crippen LogP contribution in [-0.4, -0.2) is 37.2 Å². The average molecular weight is 422 g/mol. The Balaban J connectivity index is 1.79. The first kappa shape index (κ1) is 20.5. The van der Waals surface area contributed by atoms with E-state index in [1.807, 2.05) is 36.4 Å². The van der Waals surface area contributed by atoms with Gasteiger partial charge in [0.05, 0.1) is 31.5 Å². The topological polar surface area (TPSA) is 58.4 Å². The van der Waals surface area contributed by atoms with Gasteiger partial charge in [0, 0.05) is 34.5 Å². The van der Waals surface area contributed by atoms with Crippen LogP contribution in [0.4, 0.5) is 0 Å². The zero-order chi connectivity index (χ0) is 21.1. The van der Waals surface area contributed by atoms with Crippen LogP contribution in [0.1, 0.15) is 18.4 Å². The normalized spacial score (nSPS) is 15.1. The van der Waals surface area contributed by atoms with Crippen LogP contribution < -0.4 is 9.47 Å². The van der Waals surface area contributed by atoms with Crippen molar-refractivity contribution in [3.63, 3.8) is 0 Å². The number of ether oxygens (including phenoxy) is 2. The fourth-order valence-electron chi connectivity index (χ4n) is 4.01. The van der Waals surface area contributed by atoms with Crippen LogP contribution in [0.25, 0.3) is 22.2 Å². The van der Waals surface area contributed by atoms with Crippen LogP contribution in [-0.2, 0) is 6.54 Å². The van der Waals surface area contributed by atoms with Crippen LogP contribution in [0.3, 0.4) is 0 Å². The molecule has 1 aliphatic rings. The summed E-state index contributed by atoms with van der Waals surface area (Å²) in [6.45, 7) is 2.60. The smallest absolute Gasteiger partial charge is 0.162 e. The SMILES string of the molecule is COc1cc2cc(CN3CCC(C#N)CC3)c(-c3cccc(Cl)c3)nc2cc1OC. The molecule has 2 aromatic carbocycles. The molecule has 0 aliphatic carbocycles. The molecule has 2 heterocycles. The van der Waals surface area contributed by atoms with Gasteiger partial charge in [0.2, 0.25) is 0 Å². The van der Waals surface area contributed by atoms with Crippen LogP contribution >= 0.6 is 11.6 Å². The first-order chi connectivity index (χ1) is 14.6. The molecule has 0 atom stereocenters. The molecule has 5 nitrogen and oxygen atoms in total. The molecule has 3 aromatic rings. The zero-order valence-corrected chi connectivity index (χ0v) is 17.9. The molecule has 0 saturated carbocycles. The Bertz CT molecular complexity index is 1100. The Morgan fingerprint density at radius 2 is 1.83 bits per heavy atom. The number of piperidine rings is 1. The first-order valence-electron chi connectivity index (χ1n) is 10.0. The van der Waals surface area contributed by atoms with E-state index in [1.165, 1.54) is 0 Å². The van der Waals surface area contributed by atoms with Crippen molar-refractivity contribution >= 4 is 22.5 Å². The van der Waals surface area contributed by atoms with E-state index in [0.29, 0.717) is 16.5 Å². The van der Waals surface area contributed by atoms with E-state index >= 15 is 0 Å². The number of nitrogens with zero attached hydrogens (tertiary/aromatic N) is 3. The van der Waals surface area contributed by atoms with Gasteiger partial charge in [-0.2, -0.15) is 5.26 Å². The standard InChI is InChI=1S/C24H24ClN3O2/c1-29-22-12-18-10-19(15-28-8-6-16(14-26)7-9-28)24(17-4-3-5-20(25)11-17)27-21(18)13-23(22)30-2/h3-5,10-13,16H,6-9,15H2,1-2H3. The molecule has 154 valence electrons.